The molecule has 0 saturated heterocycles. The molecule has 1 aromatic rings. The number of benzene rings is 1. The number of aryl methyl sites for hydroxylation is 1. The fourth-order valence-electron chi connectivity index (χ4n) is 1.73. The fraction of sp³-hybridized carbons (Fsp3) is 0.533. The van der Waals surface area contributed by atoms with Gasteiger partial charge < -0.3 is 11.1 Å². The summed E-state index contributed by atoms with van der Waals surface area (Å²) in [5.41, 5.74) is 7.76. The Bertz CT molecular complexity index is 407. The van der Waals surface area contributed by atoms with Crippen LogP contribution in [0.1, 0.15) is 39.7 Å². The van der Waals surface area contributed by atoms with Crippen LogP contribution in [0.2, 0.25) is 0 Å². The molecule has 0 saturated carbocycles. The summed E-state index contributed by atoms with van der Waals surface area (Å²) in [7, 11) is 0. The molecule has 0 fully saturated rings. The summed E-state index contributed by atoms with van der Waals surface area (Å²) in [6.45, 7) is 8.03. The monoisotopic (exact) mass is 248 g/mol. The second kappa shape index (κ2) is 6.01. The van der Waals surface area contributed by atoms with Crippen molar-refractivity contribution >= 4 is 11.6 Å². The molecule has 0 spiro atoms. The van der Waals surface area contributed by atoms with Crippen molar-refractivity contribution in [1.82, 2.24) is 0 Å². The minimum Gasteiger partial charge on any atom is -0.324 e. The molecule has 0 aliphatic carbocycles. The third kappa shape index (κ3) is 3.84. The van der Waals surface area contributed by atoms with Crippen molar-refractivity contribution < 1.29 is 4.79 Å². The Morgan fingerprint density at radius 1 is 1.33 bits per heavy atom. The zero-order valence-electron chi connectivity index (χ0n) is 11.8. The molecular formula is C15H24N2O. The maximum absolute atomic E-state index is 12.1. The topological polar surface area (TPSA) is 55.1 Å². The number of rotatable bonds is 4. The van der Waals surface area contributed by atoms with E-state index in [4.69, 9.17) is 5.73 Å². The molecule has 0 bridgehead atoms. The lowest BCUT2D eigenvalue weighted by molar-refractivity contribution is -0.119. The molecule has 0 heterocycles. The first kappa shape index (κ1) is 14.7. The lowest BCUT2D eigenvalue weighted by Crippen LogP contribution is -2.45. The Morgan fingerprint density at radius 2 is 1.94 bits per heavy atom. The molecule has 18 heavy (non-hydrogen) atoms. The number of amides is 1. The highest BCUT2D eigenvalue weighted by atomic mass is 16.2. The highest BCUT2D eigenvalue weighted by molar-refractivity contribution is 5.95. The first-order valence-corrected chi connectivity index (χ1v) is 6.50. The smallest absolute Gasteiger partial charge is 0.241 e. The summed E-state index contributed by atoms with van der Waals surface area (Å²) < 4.78 is 0. The van der Waals surface area contributed by atoms with Gasteiger partial charge >= 0.3 is 0 Å². The van der Waals surface area contributed by atoms with Crippen LogP contribution >= 0.6 is 0 Å². The second-order valence-corrected chi connectivity index (χ2v) is 5.74. The van der Waals surface area contributed by atoms with E-state index < -0.39 is 6.04 Å². The average molecular weight is 248 g/mol. The fourth-order valence-corrected chi connectivity index (χ4v) is 1.73. The predicted molar refractivity (Wildman–Crippen MR) is 76.5 cm³/mol. The number of para-hydroxylation sites is 1. The van der Waals surface area contributed by atoms with Crippen molar-refractivity contribution in [2.45, 2.75) is 46.6 Å². The van der Waals surface area contributed by atoms with E-state index in [1.54, 1.807) is 0 Å². The average Bonchev–Trinajstić information content (AvgIpc) is 2.29. The van der Waals surface area contributed by atoms with Gasteiger partial charge in [-0.1, -0.05) is 52.3 Å². The highest BCUT2D eigenvalue weighted by Gasteiger charge is 2.27. The Hall–Kier alpha value is -1.35. The van der Waals surface area contributed by atoms with E-state index in [-0.39, 0.29) is 11.3 Å². The number of nitrogens with one attached hydrogen (secondary N) is 1. The molecule has 0 radical (unpaired) electrons. The normalized spacial score (nSPS) is 13.2. The van der Waals surface area contributed by atoms with Crippen LogP contribution in [0, 0.1) is 5.41 Å². The van der Waals surface area contributed by atoms with Gasteiger partial charge in [-0.2, -0.15) is 0 Å². The number of anilines is 1. The number of hydrogen-bond donors (Lipinski definition) is 2. The molecule has 1 amide bonds. The number of carbonyl (C=O) groups is 1. The molecule has 1 rings (SSSR count). The van der Waals surface area contributed by atoms with Gasteiger partial charge in [0.05, 0.1) is 6.04 Å². The number of nitrogens with two attached hydrogens (primary N) is 1. The standard InChI is InChI=1S/C15H24N2O/c1-5-8-11-9-6-7-10-12(11)17-14(18)13(16)15(2,3)4/h6-7,9-10,13H,5,8,16H2,1-4H3,(H,17,18)/t13-/m0/s1. The van der Waals surface area contributed by atoms with Crippen molar-refractivity contribution in [2.24, 2.45) is 11.1 Å². The van der Waals surface area contributed by atoms with E-state index in [9.17, 15) is 4.79 Å². The number of carbonyl (C=O) groups excluding carboxylic acids is 1. The van der Waals surface area contributed by atoms with Crippen LogP contribution in [0.15, 0.2) is 24.3 Å². The predicted octanol–water partition coefficient (Wildman–Crippen LogP) is 2.95. The van der Waals surface area contributed by atoms with E-state index >= 15 is 0 Å². The van der Waals surface area contributed by atoms with Crippen molar-refractivity contribution in [1.29, 1.82) is 0 Å². The van der Waals surface area contributed by atoms with Gasteiger partial charge in [-0.05, 0) is 23.5 Å². The van der Waals surface area contributed by atoms with Gasteiger partial charge in [0.2, 0.25) is 5.91 Å². The van der Waals surface area contributed by atoms with E-state index in [1.165, 1.54) is 0 Å². The zero-order chi connectivity index (χ0) is 13.8. The van der Waals surface area contributed by atoms with Gasteiger partial charge in [0.1, 0.15) is 0 Å². The van der Waals surface area contributed by atoms with Crippen molar-refractivity contribution in [3.05, 3.63) is 29.8 Å². The minimum atomic E-state index is -0.507. The van der Waals surface area contributed by atoms with Gasteiger partial charge in [-0.25, -0.2) is 0 Å². The number of hydrogen-bond acceptors (Lipinski definition) is 2. The molecule has 1 atom stereocenters. The molecule has 3 N–H and O–H groups in total. The van der Waals surface area contributed by atoms with E-state index in [0.29, 0.717) is 0 Å². The highest BCUT2D eigenvalue weighted by Crippen LogP contribution is 2.21. The molecular weight excluding hydrogens is 224 g/mol. The van der Waals surface area contributed by atoms with Crippen LogP contribution in [-0.4, -0.2) is 11.9 Å². The molecule has 100 valence electrons. The molecule has 0 aliphatic rings. The first-order valence-electron chi connectivity index (χ1n) is 6.50. The van der Waals surface area contributed by atoms with Crippen LogP contribution in [0.4, 0.5) is 5.69 Å². The van der Waals surface area contributed by atoms with Crippen molar-refractivity contribution in [3.63, 3.8) is 0 Å². The Balaban J connectivity index is 2.82. The maximum Gasteiger partial charge on any atom is 0.241 e. The second-order valence-electron chi connectivity index (χ2n) is 5.74. The van der Waals surface area contributed by atoms with Crippen LogP contribution < -0.4 is 11.1 Å². The van der Waals surface area contributed by atoms with Crippen molar-refractivity contribution in [2.75, 3.05) is 5.32 Å². The first-order chi connectivity index (χ1) is 8.36. The lowest BCUT2D eigenvalue weighted by atomic mass is 9.87. The SMILES string of the molecule is CCCc1ccccc1NC(=O)[C@H](N)C(C)(C)C. The molecule has 0 aliphatic heterocycles. The van der Waals surface area contributed by atoms with Gasteiger partial charge in [-0.3, -0.25) is 4.79 Å². The van der Waals surface area contributed by atoms with Crippen molar-refractivity contribution in [3.8, 4) is 0 Å². The molecule has 3 nitrogen and oxygen atoms in total. The van der Waals surface area contributed by atoms with Gasteiger partial charge in [0.25, 0.3) is 0 Å². The molecule has 1 aromatic carbocycles. The minimum absolute atomic E-state index is 0.119. The Morgan fingerprint density at radius 3 is 2.50 bits per heavy atom. The largest absolute Gasteiger partial charge is 0.324 e. The lowest BCUT2D eigenvalue weighted by Gasteiger charge is -2.26. The third-order valence-corrected chi connectivity index (χ3v) is 3.01. The summed E-state index contributed by atoms with van der Waals surface area (Å²) in [6.07, 6.45) is 2.01. The Kier molecular flexibility index (Phi) is 4.91. The van der Waals surface area contributed by atoms with Gasteiger partial charge in [0.15, 0.2) is 0 Å². The zero-order valence-corrected chi connectivity index (χ0v) is 11.8. The summed E-state index contributed by atoms with van der Waals surface area (Å²) in [4.78, 5) is 12.1. The van der Waals surface area contributed by atoms with Crippen LogP contribution in [0.3, 0.4) is 0 Å². The maximum atomic E-state index is 12.1. The van der Waals surface area contributed by atoms with Gasteiger partial charge in [0, 0.05) is 5.69 Å². The summed E-state index contributed by atoms with van der Waals surface area (Å²) in [6, 6.07) is 7.38. The third-order valence-electron chi connectivity index (χ3n) is 3.01. The van der Waals surface area contributed by atoms with Crippen LogP contribution in [0.25, 0.3) is 0 Å². The van der Waals surface area contributed by atoms with Crippen LogP contribution in [-0.2, 0) is 11.2 Å². The molecule has 0 aromatic heterocycles. The molecule has 0 unspecified atom stereocenters. The summed E-state index contributed by atoms with van der Waals surface area (Å²) in [5, 5.41) is 2.94. The van der Waals surface area contributed by atoms with E-state index in [1.807, 2.05) is 45.0 Å². The van der Waals surface area contributed by atoms with E-state index in [2.05, 4.69) is 12.2 Å². The quantitative estimate of drug-likeness (QED) is 0.860. The summed E-state index contributed by atoms with van der Waals surface area (Å²) in [5.74, 6) is -0.119. The van der Waals surface area contributed by atoms with Gasteiger partial charge in [-0.15, -0.1) is 0 Å². The van der Waals surface area contributed by atoms with E-state index in [0.717, 1.165) is 24.1 Å². The Labute approximate surface area is 110 Å². The van der Waals surface area contributed by atoms with Crippen LogP contribution in [0.5, 0.6) is 0 Å². The summed E-state index contributed by atoms with van der Waals surface area (Å²) >= 11 is 0. The molecule has 3 heteroatoms.